The number of carbonyl (C=O) groups is 1. The van der Waals surface area contributed by atoms with E-state index in [0.717, 1.165) is 24.1 Å². The van der Waals surface area contributed by atoms with Crippen molar-refractivity contribution in [1.29, 1.82) is 0 Å². The summed E-state index contributed by atoms with van der Waals surface area (Å²) in [7, 11) is 0. The largest absolute Gasteiger partial charge is 0.293 e. The molecule has 0 aliphatic rings. The second-order valence-corrected chi connectivity index (χ2v) is 9.46. The molecule has 1 atom stereocenters. The second kappa shape index (κ2) is 13.0. The molecule has 0 aliphatic heterocycles. The van der Waals surface area contributed by atoms with Crippen molar-refractivity contribution in [3.63, 3.8) is 0 Å². The molecule has 144 valence electrons. The normalized spacial score (nSPS) is 11.2. The molecule has 0 fully saturated rings. The molecule has 0 N–H and O–H groups in total. The van der Waals surface area contributed by atoms with E-state index >= 15 is 0 Å². The standard InChI is InChI=1S/C14H18OS2.2C4H4S/c1-3-5-6-10(4-2)14(15)12-7-11-8-16-9-13(11)17-12;2*1-2-4-5-3-1/h7-10H,3-6H2,1-2H3;2*1-4H. The number of hydrogen-bond acceptors (Lipinski definition) is 5. The minimum Gasteiger partial charge on any atom is -0.293 e. The van der Waals surface area contributed by atoms with E-state index in [1.54, 1.807) is 45.3 Å². The summed E-state index contributed by atoms with van der Waals surface area (Å²) in [6.07, 6.45) is 4.33. The molecule has 1 unspecified atom stereocenters. The lowest BCUT2D eigenvalue weighted by Gasteiger charge is -2.11. The lowest BCUT2D eigenvalue weighted by Crippen LogP contribution is -2.12. The van der Waals surface area contributed by atoms with Gasteiger partial charge >= 0.3 is 0 Å². The van der Waals surface area contributed by atoms with Crippen molar-refractivity contribution in [3.05, 3.63) is 67.5 Å². The van der Waals surface area contributed by atoms with Gasteiger partial charge in [0.25, 0.3) is 0 Å². The first-order valence-corrected chi connectivity index (χ1v) is 12.8. The van der Waals surface area contributed by atoms with E-state index in [2.05, 4.69) is 30.7 Å². The van der Waals surface area contributed by atoms with Gasteiger partial charge in [-0.15, -0.1) is 11.3 Å². The summed E-state index contributed by atoms with van der Waals surface area (Å²) in [5.41, 5.74) is 0. The van der Waals surface area contributed by atoms with Crippen molar-refractivity contribution >= 4 is 61.2 Å². The average Bonchev–Trinajstić information content (AvgIpc) is 3.49. The summed E-state index contributed by atoms with van der Waals surface area (Å²) in [5, 5.41) is 13.6. The van der Waals surface area contributed by atoms with Crippen LogP contribution < -0.4 is 0 Å². The molecule has 0 spiro atoms. The lowest BCUT2D eigenvalue weighted by molar-refractivity contribution is 0.0912. The predicted molar refractivity (Wildman–Crippen MR) is 126 cm³/mol. The minimum absolute atomic E-state index is 0.223. The van der Waals surface area contributed by atoms with Gasteiger partial charge in [-0.2, -0.15) is 34.0 Å². The Bertz CT molecular complexity index is 751. The summed E-state index contributed by atoms with van der Waals surface area (Å²) in [4.78, 5) is 13.3. The van der Waals surface area contributed by atoms with Crippen molar-refractivity contribution in [2.45, 2.75) is 39.5 Å². The fourth-order valence-electron chi connectivity index (χ4n) is 2.52. The van der Waals surface area contributed by atoms with Gasteiger partial charge < -0.3 is 0 Å². The first kappa shape index (κ1) is 22.0. The molecule has 0 aromatic carbocycles. The van der Waals surface area contributed by atoms with E-state index < -0.39 is 0 Å². The smallest absolute Gasteiger partial charge is 0.175 e. The van der Waals surface area contributed by atoms with Crippen LogP contribution in [-0.4, -0.2) is 5.78 Å². The fraction of sp³-hybridized carbons (Fsp3) is 0.318. The molecule has 4 rings (SSSR count). The monoisotopic (exact) mass is 434 g/mol. The van der Waals surface area contributed by atoms with Crippen LogP contribution in [0.3, 0.4) is 0 Å². The van der Waals surface area contributed by atoms with E-state index in [4.69, 9.17) is 0 Å². The van der Waals surface area contributed by atoms with Crippen LogP contribution in [0.15, 0.2) is 62.6 Å². The Morgan fingerprint density at radius 1 is 0.926 bits per heavy atom. The molecule has 0 saturated heterocycles. The summed E-state index contributed by atoms with van der Waals surface area (Å²) in [6, 6.07) is 10.1. The van der Waals surface area contributed by atoms with Crippen LogP contribution in [-0.2, 0) is 0 Å². The maximum absolute atomic E-state index is 12.4. The molecule has 5 heteroatoms. The first-order chi connectivity index (χ1) is 13.3. The number of Topliss-reactive ketones (excluding diaryl/α,β-unsaturated/α-hetero) is 1. The third-order valence-electron chi connectivity index (χ3n) is 4.02. The molecule has 0 bridgehead atoms. The number of fused-ring (bicyclic) bond motifs is 1. The molecule has 1 nitrogen and oxygen atoms in total. The summed E-state index contributed by atoms with van der Waals surface area (Å²) in [6.45, 7) is 4.30. The zero-order valence-corrected chi connectivity index (χ0v) is 19.1. The molecule has 4 aromatic rings. The van der Waals surface area contributed by atoms with Crippen LogP contribution in [0, 0.1) is 5.92 Å². The first-order valence-electron chi connectivity index (χ1n) is 9.20. The molecule has 0 aliphatic carbocycles. The highest BCUT2D eigenvalue weighted by Gasteiger charge is 2.19. The van der Waals surface area contributed by atoms with Crippen LogP contribution in [0.5, 0.6) is 0 Å². The number of hydrogen-bond donors (Lipinski definition) is 0. The lowest BCUT2D eigenvalue weighted by atomic mass is 9.94. The van der Waals surface area contributed by atoms with E-state index in [0.29, 0.717) is 5.78 Å². The van der Waals surface area contributed by atoms with E-state index in [1.165, 1.54) is 16.5 Å². The third-order valence-corrected chi connectivity index (χ3v) is 7.30. The SMILES string of the molecule is CCCCC(CC)C(=O)c1cc2cscc2s1.c1ccsc1.c1ccsc1. The van der Waals surface area contributed by atoms with Crippen LogP contribution in [0.25, 0.3) is 10.1 Å². The van der Waals surface area contributed by atoms with Crippen LogP contribution >= 0.6 is 45.3 Å². The molecular weight excluding hydrogens is 409 g/mol. The number of carbonyl (C=O) groups excluding carboxylic acids is 1. The predicted octanol–water partition coefficient (Wildman–Crippen LogP) is 8.86. The topological polar surface area (TPSA) is 17.1 Å². The van der Waals surface area contributed by atoms with Crippen molar-refractivity contribution in [2.24, 2.45) is 5.92 Å². The van der Waals surface area contributed by atoms with Gasteiger partial charge in [-0.05, 0) is 45.8 Å². The highest BCUT2D eigenvalue weighted by Crippen LogP contribution is 2.31. The summed E-state index contributed by atoms with van der Waals surface area (Å²) < 4.78 is 1.25. The Balaban J connectivity index is 0.000000210. The van der Waals surface area contributed by atoms with Crippen molar-refractivity contribution in [3.8, 4) is 0 Å². The average molecular weight is 435 g/mol. The van der Waals surface area contributed by atoms with Gasteiger partial charge in [0.15, 0.2) is 5.78 Å². The molecule has 4 heterocycles. The zero-order valence-electron chi connectivity index (χ0n) is 15.8. The Labute approximate surface area is 178 Å². The molecule has 4 aromatic heterocycles. The van der Waals surface area contributed by atoms with E-state index in [1.807, 2.05) is 45.8 Å². The maximum atomic E-state index is 12.4. The van der Waals surface area contributed by atoms with Gasteiger partial charge in [0, 0.05) is 21.4 Å². The Morgan fingerprint density at radius 2 is 1.56 bits per heavy atom. The maximum Gasteiger partial charge on any atom is 0.175 e. The van der Waals surface area contributed by atoms with Crippen molar-refractivity contribution < 1.29 is 4.79 Å². The second-order valence-electron chi connectivity index (χ2n) is 6.00. The summed E-state index contributed by atoms with van der Waals surface area (Å²) >= 11 is 6.78. The Kier molecular flexibility index (Phi) is 10.6. The summed E-state index contributed by atoms with van der Waals surface area (Å²) in [5.74, 6) is 0.577. The Morgan fingerprint density at radius 3 is 2.00 bits per heavy atom. The van der Waals surface area contributed by atoms with Crippen LogP contribution in [0.2, 0.25) is 0 Å². The molecule has 27 heavy (non-hydrogen) atoms. The third kappa shape index (κ3) is 7.70. The van der Waals surface area contributed by atoms with Gasteiger partial charge in [0.2, 0.25) is 0 Å². The van der Waals surface area contributed by atoms with Crippen LogP contribution in [0.1, 0.15) is 49.2 Å². The molecule has 0 saturated carbocycles. The van der Waals surface area contributed by atoms with Gasteiger partial charge in [-0.25, -0.2) is 0 Å². The van der Waals surface area contributed by atoms with Crippen molar-refractivity contribution in [2.75, 3.05) is 0 Å². The highest BCUT2D eigenvalue weighted by atomic mass is 32.1. The van der Waals surface area contributed by atoms with E-state index in [9.17, 15) is 4.79 Å². The quantitative estimate of drug-likeness (QED) is 0.277. The molecular formula is C22H26OS4. The fourth-order valence-corrected chi connectivity index (χ4v) is 5.46. The van der Waals surface area contributed by atoms with Gasteiger partial charge in [-0.3, -0.25) is 4.79 Å². The number of unbranched alkanes of at least 4 members (excludes halogenated alkanes) is 1. The number of ketones is 1. The van der Waals surface area contributed by atoms with E-state index in [-0.39, 0.29) is 5.92 Å². The molecule has 0 radical (unpaired) electrons. The van der Waals surface area contributed by atoms with Gasteiger partial charge in [0.05, 0.1) is 4.88 Å². The minimum atomic E-state index is 0.223. The molecule has 0 amide bonds. The van der Waals surface area contributed by atoms with Gasteiger partial charge in [0.1, 0.15) is 0 Å². The highest BCUT2D eigenvalue weighted by molar-refractivity contribution is 7.24. The Hall–Kier alpha value is -1.27. The number of rotatable bonds is 6. The van der Waals surface area contributed by atoms with Gasteiger partial charge in [-0.1, -0.05) is 51.0 Å². The van der Waals surface area contributed by atoms with Crippen molar-refractivity contribution in [1.82, 2.24) is 0 Å². The van der Waals surface area contributed by atoms with Crippen LogP contribution in [0.4, 0.5) is 0 Å². The number of thiophene rings is 4. The zero-order chi connectivity index (χ0) is 19.3.